The summed E-state index contributed by atoms with van der Waals surface area (Å²) in [6.45, 7) is 2.35. The summed E-state index contributed by atoms with van der Waals surface area (Å²) in [5.41, 5.74) is 9.99. The number of nitrogens with two attached hydrogens (primary N) is 1. The molecule has 7 nitrogen and oxygen atoms in total. The Morgan fingerprint density at radius 2 is 2.16 bits per heavy atom. The van der Waals surface area contributed by atoms with E-state index in [0.29, 0.717) is 12.2 Å². The second-order valence-corrected chi connectivity index (χ2v) is 6.58. The largest absolute Gasteiger partial charge is 0.390 e. The molecule has 0 bridgehead atoms. The number of primary amides is 1. The third-order valence-electron chi connectivity index (χ3n) is 4.86. The summed E-state index contributed by atoms with van der Waals surface area (Å²) in [6, 6.07) is 10.1. The smallest absolute Gasteiger partial charge is 0.269 e. The van der Waals surface area contributed by atoms with Crippen molar-refractivity contribution in [3.63, 3.8) is 0 Å². The normalized spacial score (nSPS) is 20.0. The van der Waals surface area contributed by atoms with Crippen LogP contribution in [0.2, 0.25) is 0 Å². The first-order valence-corrected chi connectivity index (χ1v) is 8.47. The fraction of sp³-hybridized carbons (Fsp3) is 0.389. The Balaban J connectivity index is 1.42. The first-order chi connectivity index (χ1) is 12.1. The lowest BCUT2D eigenvalue weighted by Crippen LogP contribution is -2.37. The Morgan fingerprint density at radius 1 is 1.36 bits per heavy atom. The molecule has 0 fully saturated rings. The van der Waals surface area contributed by atoms with E-state index in [1.807, 2.05) is 37.4 Å². The average molecular weight is 339 g/mol. The monoisotopic (exact) mass is 339 g/mol. The maximum atomic E-state index is 11.6. The molecule has 1 amide bonds. The van der Waals surface area contributed by atoms with Crippen molar-refractivity contribution in [2.75, 3.05) is 13.1 Å². The minimum absolute atomic E-state index is 0.0328. The highest BCUT2D eigenvalue weighted by atomic mass is 16.6. The topological polar surface area (TPSA) is 85.7 Å². The van der Waals surface area contributed by atoms with Crippen molar-refractivity contribution in [1.29, 1.82) is 0 Å². The van der Waals surface area contributed by atoms with Gasteiger partial charge < -0.3 is 10.6 Å². The van der Waals surface area contributed by atoms with E-state index in [0.717, 1.165) is 48.5 Å². The summed E-state index contributed by atoms with van der Waals surface area (Å²) in [4.78, 5) is 19.5. The Labute approximate surface area is 146 Å². The first-order valence-electron chi connectivity index (χ1n) is 8.47. The maximum Gasteiger partial charge on any atom is 0.269 e. The van der Waals surface area contributed by atoms with E-state index in [-0.39, 0.29) is 6.10 Å². The van der Waals surface area contributed by atoms with Crippen LogP contribution in [0.3, 0.4) is 0 Å². The molecular formula is C18H21N5O2. The molecule has 1 unspecified atom stereocenters. The number of hydrogen-bond acceptors (Lipinski definition) is 5. The van der Waals surface area contributed by atoms with Crippen LogP contribution in [-0.2, 0) is 24.9 Å². The molecule has 1 aromatic carbocycles. The average Bonchev–Trinajstić information content (AvgIpc) is 3.21. The number of nitrogens with zero attached hydrogens (tertiary/aromatic N) is 4. The quantitative estimate of drug-likeness (QED) is 0.903. The number of aryl methyl sites for hydroxylation is 1. The second kappa shape index (κ2) is 6.33. The van der Waals surface area contributed by atoms with Crippen molar-refractivity contribution in [3.8, 4) is 0 Å². The highest BCUT2D eigenvalue weighted by Gasteiger charge is 2.30. The van der Waals surface area contributed by atoms with Gasteiger partial charge in [-0.05, 0) is 5.56 Å². The predicted octanol–water partition coefficient (Wildman–Crippen LogP) is 1.07. The molecule has 0 spiro atoms. The molecule has 130 valence electrons. The number of amides is 1. The van der Waals surface area contributed by atoms with Crippen molar-refractivity contribution < 1.29 is 9.63 Å². The van der Waals surface area contributed by atoms with Crippen LogP contribution in [0.1, 0.15) is 33.7 Å². The number of rotatable bonds is 4. The Hall–Kier alpha value is -2.67. The van der Waals surface area contributed by atoms with Gasteiger partial charge in [0.25, 0.3) is 5.91 Å². The summed E-state index contributed by atoms with van der Waals surface area (Å²) in [7, 11) is 1.86. The fourth-order valence-corrected chi connectivity index (χ4v) is 3.62. The van der Waals surface area contributed by atoms with Gasteiger partial charge in [0.2, 0.25) is 0 Å². The Bertz CT molecular complexity index is 827. The van der Waals surface area contributed by atoms with Crippen LogP contribution >= 0.6 is 0 Å². The molecule has 2 N–H and O–H groups in total. The van der Waals surface area contributed by atoms with Gasteiger partial charge in [-0.3, -0.25) is 14.4 Å². The first kappa shape index (κ1) is 15.8. The summed E-state index contributed by atoms with van der Waals surface area (Å²) in [5.74, 6) is -0.467. The number of benzene rings is 1. The molecule has 2 aromatic rings. The zero-order valence-corrected chi connectivity index (χ0v) is 14.2. The lowest BCUT2D eigenvalue weighted by atomic mass is 10.0. The fourth-order valence-electron chi connectivity index (χ4n) is 3.62. The summed E-state index contributed by atoms with van der Waals surface area (Å²) >= 11 is 0. The van der Waals surface area contributed by atoms with Crippen LogP contribution < -0.4 is 5.73 Å². The SMILES string of the molecule is Cn1nc(C(N)=O)c2c1CCN(CC1CC(c3ccccc3)=NO1)C2. The molecule has 0 aliphatic carbocycles. The second-order valence-electron chi connectivity index (χ2n) is 6.58. The zero-order chi connectivity index (χ0) is 17.4. The lowest BCUT2D eigenvalue weighted by molar-refractivity contribution is 0.0485. The molecule has 7 heteroatoms. The van der Waals surface area contributed by atoms with Crippen LogP contribution in [0.25, 0.3) is 0 Å². The van der Waals surface area contributed by atoms with Crippen molar-refractivity contribution >= 4 is 11.6 Å². The standard InChI is InChI=1S/C18H21N5O2/c1-22-16-7-8-23(11-14(16)17(20-22)18(19)24)10-13-9-15(21-25-13)12-5-3-2-4-6-12/h2-6,13H,7-11H2,1H3,(H2,19,24). The van der Waals surface area contributed by atoms with E-state index in [2.05, 4.69) is 15.2 Å². The van der Waals surface area contributed by atoms with Crippen molar-refractivity contribution in [1.82, 2.24) is 14.7 Å². The van der Waals surface area contributed by atoms with Gasteiger partial charge in [0.05, 0.1) is 5.71 Å². The molecular weight excluding hydrogens is 318 g/mol. The number of hydrogen-bond donors (Lipinski definition) is 1. The van der Waals surface area contributed by atoms with Gasteiger partial charge in [0, 0.05) is 50.8 Å². The molecule has 2 aliphatic heterocycles. The predicted molar refractivity (Wildman–Crippen MR) is 93.2 cm³/mol. The molecule has 0 saturated heterocycles. The van der Waals surface area contributed by atoms with E-state index >= 15 is 0 Å². The van der Waals surface area contributed by atoms with Gasteiger partial charge in [-0.1, -0.05) is 35.5 Å². The highest BCUT2D eigenvalue weighted by molar-refractivity contribution is 6.01. The minimum atomic E-state index is -0.467. The summed E-state index contributed by atoms with van der Waals surface area (Å²) < 4.78 is 1.77. The van der Waals surface area contributed by atoms with E-state index < -0.39 is 5.91 Å². The van der Waals surface area contributed by atoms with Gasteiger partial charge in [-0.25, -0.2) is 0 Å². The summed E-state index contributed by atoms with van der Waals surface area (Å²) in [6.07, 6.45) is 1.68. The molecule has 3 heterocycles. The molecule has 0 radical (unpaired) electrons. The van der Waals surface area contributed by atoms with E-state index in [1.54, 1.807) is 4.68 Å². The molecule has 1 aromatic heterocycles. The number of fused-ring (bicyclic) bond motifs is 1. The minimum Gasteiger partial charge on any atom is -0.390 e. The molecule has 1 atom stereocenters. The van der Waals surface area contributed by atoms with Crippen molar-refractivity contribution in [3.05, 3.63) is 52.8 Å². The third-order valence-corrected chi connectivity index (χ3v) is 4.86. The van der Waals surface area contributed by atoms with Gasteiger partial charge in [0.1, 0.15) is 6.10 Å². The van der Waals surface area contributed by atoms with Crippen LogP contribution in [-0.4, -0.2) is 45.5 Å². The lowest BCUT2D eigenvalue weighted by Gasteiger charge is -2.28. The van der Waals surface area contributed by atoms with E-state index in [9.17, 15) is 4.79 Å². The molecule has 2 aliphatic rings. The van der Waals surface area contributed by atoms with Crippen LogP contribution in [0.5, 0.6) is 0 Å². The molecule has 4 rings (SSSR count). The van der Waals surface area contributed by atoms with E-state index in [4.69, 9.17) is 10.6 Å². The maximum absolute atomic E-state index is 11.6. The van der Waals surface area contributed by atoms with Crippen LogP contribution in [0, 0.1) is 0 Å². The number of carbonyl (C=O) groups excluding carboxylic acids is 1. The van der Waals surface area contributed by atoms with Crippen molar-refractivity contribution in [2.45, 2.75) is 25.5 Å². The molecule has 25 heavy (non-hydrogen) atoms. The number of aromatic nitrogens is 2. The van der Waals surface area contributed by atoms with Gasteiger partial charge in [-0.2, -0.15) is 5.10 Å². The van der Waals surface area contributed by atoms with E-state index in [1.165, 1.54) is 0 Å². The van der Waals surface area contributed by atoms with Crippen LogP contribution in [0.15, 0.2) is 35.5 Å². The number of oxime groups is 1. The Morgan fingerprint density at radius 3 is 2.92 bits per heavy atom. The van der Waals surface area contributed by atoms with Crippen LogP contribution in [0.4, 0.5) is 0 Å². The van der Waals surface area contributed by atoms with Crippen molar-refractivity contribution in [2.24, 2.45) is 17.9 Å². The zero-order valence-electron chi connectivity index (χ0n) is 14.2. The third kappa shape index (κ3) is 3.02. The van der Waals surface area contributed by atoms with Gasteiger partial charge >= 0.3 is 0 Å². The summed E-state index contributed by atoms with van der Waals surface area (Å²) in [5, 5.41) is 8.52. The Kier molecular flexibility index (Phi) is 4.01. The highest BCUT2D eigenvalue weighted by Crippen LogP contribution is 2.24. The van der Waals surface area contributed by atoms with Gasteiger partial charge in [-0.15, -0.1) is 0 Å². The molecule has 0 saturated carbocycles. The number of carbonyl (C=O) groups is 1. The van der Waals surface area contributed by atoms with Gasteiger partial charge in [0.15, 0.2) is 5.69 Å².